The minimum absolute atomic E-state index is 0.228. The summed E-state index contributed by atoms with van der Waals surface area (Å²) in [6, 6.07) is 5.37. The average molecular weight is 446 g/mol. The molecule has 0 atom stereocenters. The molecule has 2 saturated carbocycles. The van der Waals surface area contributed by atoms with Crippen LogP contribution in [0.2, 0.25) is 0 Å². The Morgan fingerprint density at radius 3 is 2.56 bits per heavy atom. The quantitative estimate of drug-likeness (QED) is 0.557. The van der Waals surface area contributed by atoms with Crippen LogP contribution in [-0.4, -0.2) is 40.2 Å². The van der Waals surface area contributed by atoms with Crippen molar-refractivity contribution in [2.24, 2.45) is 0 Å². The second-order valence-electron chi connectivity index (χ2n) is 8.75. The number of aryl methyl sites for hydroxylation is 1. The Morgan fingerprint density at radius 2 is 1.97 bits per heavy atom. The van der Waals surface area contributed by atoms with Gasteiger partial charge in [-0.25, -0.2) is 13.6 Å². The maximum Gasteiger partial charge on any atom is 0.329 e. The number of anilines is 1. The van der Waals surface area contributed by atoms with Crippen LogP contribution in [0.3, 0.4) is 0 Å². The number of carbonyl (C=O) groups is 1. The third kappa shape index (κ3) is 4.41. The van der Waals surface area contributed by atoms with Gasteiger partial charge in [0.05, 0.1) is 25.0 Å². The van der Waals surface area contributed by atoms with Crippen LogP contribution in [0.25, 0.3) is 11.1 Å². The lowest BCUT2D eigenvalue weighted by Crippen LogP contribution is -2.61. The van der Waals surface area contributed by atoms with Crippen molar-refractivity contribution in [3.8, 4) is 16.9 Å². The van der Waals surface area contributed by atoms with Gasteiger partial charge in [-0.3, -0.25) is 4.98 Å². The molecule has 8 heteroatoms. The van der Waals surface area contributed by atoms with Crippen LogP contribution in [0.15, 0.2) is 24.4 Å². The summed E-state index contributed by atoms with van der Waals surface area (Å²) < 4.78 is 38.8. The van der Waals surface area contributed by atoms with E-state index >= 15 is 0 Å². The molecule has 2 N–H and O–H groups in total. The minimum atomic E-state index is -2.97. The highest BCUT2D eigenvalue weighted by Crippen LogP contribution is 2.48. The van der Waals surface area contributed by atoms with Crippen molar-refractivity contribution in [1.29, 1.82) is 0 Å². The molecule has 2 aromatic rings. The highest BCUT2D eigenvalue weighted by atomic mass is 19.3. The van der Waals surface area contributed by atoms with E-state index in [1.54, 1.807) is 18.3 Å². The van der Waals surface area contributed by atoms with E-state index in [4.69, 9.17) is 9.47 Å². The molecule has 0 unspecified atom stereocenters. The van der Waals surface area contributed by atoms with E-state index in [9.17, 15) is 18.7 Å². The summed E-state index contributed by atoms with van der Waals surface area (Å²) in [5.74, 6) is -3.50. The number of hydrogen-bond acceptors (Lipinski definition) is 5. The number of hydrogen-bond donors (Lipinski definition) is 2. The number of carboxylic acid groups (broad SMARTS) is 1. The first-order valence-corrected chi connectivity index (χ1v) is 10.9. The molecule has 6 nitrogen and oxygen atoms in total. The smallest absolute Gasteiger partial charge is 0.329 e. The first-order chi connectivity index (χ1) is 15.1. The zero-order chi connectivity index (χ0) is 23.1. The first kappa shape index (κ1) is 22.5. The summed E-state index contributed by atoms with van der Waals surface area (Å²) in [5, 5.41) is 12.4. The topological polar surface area (TPSA) is 80.7 Å². The molecule has 2 aliphatic rings. The number of halogens is 2. The Bertz CT molecular complexity index is 1030. The van der Waals surface area contributed by atoms with Crippen molar-refractivity contribution in [3.05, 3.63) is 41.2 Å². The predicted molar refractivity (Wildman–Crippen MR) is 116 cm³/mol. The average Bonchev–Trinajstić information content (AvgIpc) is 3.53. The molecule has 0 saturated heterocycles. The summed E-state index contributed by atoms with van der Waals surface area (Å²) in [5.41, 5.74) is 3.19. The van der Waals surface area contributed by atoms with Crippen LogP contribution in [0, 0.1) is 13.8 Å². The summed E-state index contributed by atoms with van der Waals surface area (Å²) in [6.07, 6.45) is 2.59. The van der Waals surface area contributed by atoms with Crippen molar-refractivity contribution in [2.75, 3.05) is 11.9 Å². The van der Waals surface area contributed by atoms with Gasteiger partial charge in [-0.05, 0) is 56.9 Å². The SMILES string of the molecule is CCOc1c(C)ncc(-c2ccc(NC3(C(=O)O)CC(F)(F)C3)cc2COC2CC2)c1C. The van der Waals surface area contributed by atoms with Gasteiger partial charge in [-0.1, -0.05) is 6.07 Å². The minimum Gasteiger partial charge on any atom is -0.492 e. The van der Waals surface area contributed by atoms with Gasteiger partial charge in [0.1, 0.15) is 11.3 Å². The summed E-state index contributed by atoms with van der Waals surface area (Å²) in [6.45, 7) is 6.65. The molecular formula is C24H28F2N2O4. The van der Waals surface area contributed by atoms with E-state index in [1.807, 2.05) is 26.8 Å². The molecular weight excluding hydrogens is 418 g/mol. The fourth-order valence-corrected chi connectivity index (χ4v) is 4.24. The molecule has 0 bridgehead atoms. The van der Waals surface area contributed by atoms with Gasteiger partial charge in [0.15, 0.2) is 0 Å². The van der Waals surface area contributed by atoms with Crippen molar-refractivity contribution in [3.63, 3.8) is 0 Å². The number of ether oxygens (including phenoxy) is 2. The van der Waals surface area contributed by atoms with E-state index < -0.39 is 30.3 Å². The predicted octanol–water partition coefficient (Wildman–Crippen LogP) is 5.11. The largest absolute Gasteiger partial charge is 0.492 e. The Kier molecular flexibility index (Phi) is 5.83. The summed E-state index contributed by atoms with van der Waals surface area (Å²) >= 11 is 0. The van der Waals surface area contributed by atoms with Crippen LogP contribution in [-0.2, 0) is 16.1 Å². The third-order valence-corrected chi connectivity index (χ3v) is 6.06. The molecule has 1 heterocycles. The summed E-state index contributed by atoms with van der Waals surface area (Å²) in [4.78, 5) is 16.2. The first-order valence-electron chi connectivity index (χ1n) is 10.9. The molecule has 1 aromatic carbocycles. The molecule has 32 heavy (non-hydrogen) atoms. The lowest BCUT2D eigenvalue weighted by Gasteiger charge is -2.44. The van der Waals surface area contributed by atoms with Crippen LogP contribution >= 0.6 is 0 Å². The fraction of sp³-hybridized carbons (Fsp3) is 0.500. The van der Waals surface area contributed by atoms with Gasteiger partial charge in [0.25, 0.3) is 5.92 Å². The van der Waals surface area contributed by atoms with Crippen molar-refractivity contribution in [1.82, 2.24) is 4.98 Å². The van der Waals surface area contributed by atoms with Crippen molar-refractivity contribution in [2.45, 2.75) is 70.6 Å². The number of nitrogens with one attached hydrogen (secondary N) is 1. The lowest BCUT2D eigenvalue weighted by molar-refractivity contribution is -0.168. The molecule has 2 fully saturated rings. The van der Waals surface area contributed by atoms with E-state index in [2.05, 4.69) is 10.3 Å². The zero-order valence-electron chi connectivity index (χ0n) is 18.5. The van der Waals surface area contributed by atoms with Gasteiger partial charge < -0.3 is 19.9 Å². The van der Waals surface area contributed by atoms with Crippen LogP contribution in [0.1, 0.15) is 49.4 Å². The van der Waals surface area contributed by atoms with Crippen molar-refractivity contribution >= 4 is 11.7 Å². The van der Waals surface area contributed by atoms with Crippen LogP contribution < -0.4 is 10.1 Å². The number of carboxylic acids is 1. The van der Waals surface area contributed by atoms with E-state index in [1.165, 1.54) is 0 Å². The molecule has 172 valence electrons. The van der Waals surface area contributed by atoms with Gasteiger partial charge in [-0.15, -0.1) is 0 Å². The molecule has 4 rings (SSSR count). The molecule has 0 spiro atoms. The number of alkyl halides is 2. The molecule has 2 aliphatic carbocycles. The normalized spacial score (nSPS) is 18.7. The Morgan fingerprint density at radius 1 is 1.25 bits per heavy atom. The van der Waals surface area contributed by atoms with Crippen LogP contribution in [0.5, 0.6) is 5.75 Å². The van der Waals surface area contributed by atoms with Crippen molar-refractivity contribution < 1.29 is 28.2 Å². The fourth-order valence-electron chi connectivity index (χ4n) is 4.24. The third-order valence-electron chi connectivity index (χ3n) is 6.06. The van der Waals surface area contributed by atoms with Gasteiger partial charge in [0.2, 0.25) is 0 Å². The molecule has 0 amide bonds. The zero-order valence-corrected chi connectivity index (χ0v) is 18.5. The van der Waals surface area contributed by atoms with E-state index in [0.29, 0.717) is 18.9 Å². The standard InChI is InChI=1S/C24H28F2N2O4/c1-4-31-21-14(2)20(10-27-15(21)3)19-8-5-17(9-16(19)11-32-18-6-7-18)28-23(22(29)30)12-24(25,26)13-23/h5,8-10,18,28H,4,6-7,11-13H2,1-3H3,(H,29,30). The molecule has 1 aromatic heterocycles. The highest BCUT2D eigenvalue weighted by molar-refractivity contribution is 5.85. The number of benzene rings is 1. The Hall–Kier alpha value is -2.74. The highest BCUT2D eigenvalue weighted by Gasteiger charge is 2.61. The second kappa shape index (κ2) is 8.31. The number of pyridine rings is 1. The number of aromatic nitrogens is 1. The Balaban J connectivity index is 1.69. The number of aliphatic carboxylic acids is 1. The van der Waals surface area contributed by atoms with Crippen LogP contribution in [0.4, 0.5) is 14.5 Å². The van der Waals surface area contributed by atoms with E-state index in [0.717, 1.165) is 46.5 Å². The monoisotopic (exact) mass is 446 g/mol. The maximum atomic E-state index is 13.5. The summed E-state index contributed by atoms with van der Waals surface area (Å²) in [7, 11) is 0. The van der Waals surface area contributed by atoms with Gasteiger partial charge in [0, 0.05) is 35.9 Å². The number of rotatable bonds is 9. The molecule has 0 radical (unpaired) electrons. The second-order valence-corrected chi connectivity index (χ2v) is 8.75. The number of nitrogens with zero attached hydrogens (tertiary/aromatic N) is 1. The van der Waals surface area contributed by atoms with Gasteiger partial charge >= 0.3 is 5.97 Å². The molecule has 0 aliphatic heterocycles. The van der Waals surface area contributed by atoms with E-state index in [-0.39, 0.29) is 6.10 Å². The lowest BCUT2D eigenvalue weighted by atomic mass is 9.73. The van der Waals surface area contributed by atoms with Gasteiger partial charge in [-0.2, -0.15) is 0 Å². The maximum absolute atomic E-state index is 13.5. The Labute approximate surface area is 186 Å².